The van der Waals surface area contributed by atoms with E-state index in [4.69, 9.17) is 17.0 Å². The average molecular weight is 413 g/mol. The molecule has 0 fully saturated rings. The Morgan fingerprint density at radius 2 is 1.66 bits per heavy atom. The molecule has 29 heavy (non-hydrogen) atoms. The molecular formula is C25H36N2OS. The lowest BCUT2D eigenvalue weighted by Gasteiger charge is -2.12. The van der Waals surface area contributed by atoms with Gasteiger partial charge in [0.15, 0.2) is 5.11 Å². The van der Waals surface area contributed by atoms with Crippen LogP contribution in [0.1, 0.15) is 63.9 Å². The Morgan fingerprint density at radius 1 is 0.862 bits per heavy atom. The van der Waals surface area contributed by atoms with Gasteiger partial charge in [0.1, 0.15) is 5.75 Å². The molecule has 2 aromatic rings. The van der Waals surface area contributed by atoms with E-state index < -0.39 is 0 Å². The van der Waals surface area contributed by atoms with E-state index in [1.807, 2.05) is 24.3 Å². The van der Waals surface area contributed by atoms with E-state index >= 15 is 0 Å². The summed E-state index contributed by atoms with van der Waals surface area (Å²) in [5.74, 6) is 0.889. The second-order valence-corrected chi connectivity index (χ2v) is 7.88. The lowest BCUT2D eigenvalue weighted by molar-refractivity contribution is 0.305. The monoisotopic (exact) mass is 412 g/mol. The van der Waals surface area contributed by atoms with Gasteiger partial charge < -0.3 is 15.4 Å². The number of nitrogens with one attached hydrogen (secondary N) is 2. The Morgan fingerprint density at radius 3 is 2.48 bits per heavy atom. The Kier molecular flexibility index (Phi) is 11.9. The van der Waals surface area contributed by atoms with Crippen LogP contribution >= 0.6 is 12.2 Å². The molecule has 2 N–H and O–H groups in total. The Bertz CT molecular complexity index is 690. The fraction of sp³-hybridized carbons (Fsp3) is 0.480. The second-order valence-electron chi connectivity index (χ2n) is 7.47. The van der Waals surface area contributed by atoms with Crippen LogP contribution in [0.25, 0.3) is 0 Å². The maximum absolute atomic E-state index is 5.91. The molecule has 0 amide bonds. The van der Waals surface area contributed by atoms with Crippen molar-refractivity contribution in [2.45, 2.75) is 64.7 Å². The molecule has 0 aliphatic rings. The number of hydrogen-bond donors (Lipinski definition) is 2. The summed E-state index contributed by atoms with van der Waals surface area (Å²) in [4.78, 5) is 0. The van der Waals surface area contributed by atoms with Gasteiger partial charge >= 0.3 is 0 Å². The van der Waals surface area contributed by atoms with Crippen molar-refractivity contribution in [1.82, 2.24) is 5.32 Å². The van der Waals surface area contributed by atoms with Gasteiger partial charge in [0.05, 0.1) is 6.61 Å². The minimum Gasteiger partial charge on any atom is -0.494 e. The molecule has 2 aromatic carbocycles. The number of aryl methyl sites for hydroxylation is 1. The highest BCUT2D eigenvalue weighted by molar-refractivity contribution is 7.80. The van der Waals surface area contributed by atoms with Crippen LogP contribution in [0.4, 0.5) is 5.69 Å². The predicted octanol–water partition coefficient (Wildman–Crippen LogP) is 6.74. The smallest absolute Gasteiger partial charge is 0.170 e. The van der Waals surface area contributed by atoms with E-state index in [2.05, 4.69) is 47.9 Å². The van der Waals surface area contributed by atoms with Gasteiger partial charge in [-0.2, -0.15) is 0 Å². The molecule has 0 radical (unpaired) electrons. The molecular weight excluding hydrogens is 376 g/mol. The van der Waals surface area contributed by atoms with Crippen molar-refractivity contribution in [2.75, 3.05) is 18.5 Å². The molecule has 2 rings (SSSR count). The fourth-order valence-corrected chi connectivity index (χ4v) is 3.43. The summed E-state index contributed by atoms with van der Waals surface area (Å²) >= 11 is 5.39. The molecule has 0 aliphatic heterocycles. The molecule has 0 aromatic heterocycles. The largest absolute Gasteiger partial charge is 0.494 e. The standard InChI is InChI=1S/C25H36N2OS/c1-2-3-4-5-11-19-26-25(29)27-23-17-13-18-24(21-23)28-20-12-7-10-16-22-14-8-6-9-15-22/h6,8-9,13-15,17-18,21H,2-5,7,10-12,16,19-20H2,1H3,(H2,26,27,29). The summed E-state index contributed by atoms with van der Waals surface area (Å²) in [7, 11) is 0. The summed E-state index contributed by atoms with van der Waals surface area (Å²) in [6.45, 7) is 3.91. The topological polar surface area (TPSA) is 33.3 Å². The van der Waals surface area contributed by atoms with Gasteiger partial charge in [-0.1, -0.05) is 69.0 Å². The van der Waals surface area contributed by atoms with E-state index in [0.717, 1.165) is 43.9 Å². The molecule has 0 bridgehead atoms. The van der Waals surface area contributed by atoms with Gasteiger partial charge in [-0.3, -0.25) is 0 Å². The third-order valence-corrected chi connectivity index (χ3v) is 5.13. The normalized spacial score (nSPS) is 10.5. The lowest BCUT2D eigenvalue weighted by Crippen LogP contribution is -2.29. The molecule has 0 aliphatic carbocycles. The van der Waals surface area contributed by atoms with Crippen molar-refractivity contribution in [2.24, 2.45) is 0 Å². The first-order valence-electron chi connectivity index (χ1n) is 11.1. The van der Waals surface area contributed by atoms with Crippen LogP contribution < -0.4 is 15.4 Å². The lowest BCUT2D eigenvalue weighted by atomic mass is 10.1. The van der Waals surface area contributed by atoms with Gasteiger partial charge in [-0.15, -0.1) is 0 Å². The molecule has 0 atom stereocenters. The molecule has 0 unspecified atom stereocenters. The zero-order valence-electron chi connectivity index (χ0n) is 17.8. The van der Waals surface area contributed by atoms with E-state index in [1.54, 1.807) is 0 Å². The molecule has 0 saturated heterocycles. The van der Waals surface area contributed by atoms with Crippen molar-refractivity contribution in [3.63, 3.8) is 0 Å². The van der Waals surface area contributed by atoms with Gasteiger partial charge in [0.25, 0.3) is 0 Å². The Labute approximate surface area is 182 Å². The number of thiocarbonyl (C=S) groups is 1. The molecule has 0 heterocycles. The minimum atomic E-state index is 0.679. The van der Waals surface area contributed by atoms with Crippen LogP contribution in [0.2, 0.25) is 0 Å². The van der Waals surface area contributed by atoms with Crippen molar-refractivity contribution >= 4 is 23.0 Å². The highest BCUT2D eigenvalue weighted by Gasteiger charge is 2.01. The van der Waals surface area contributed by atoms with Gasteiger partial charge in [-0.05, 0) is 62.0 Å². The van der Waals surface area contributed by atoms with Crippen molar-refractivity contribution in [3.05, 3.63) is 60.2 Å². The van der Waals surface area contributed by atoms with Crippen molar-refractivity contribution in [1.29, 1.82) is 0 Å². The van der Waals surface area contributed by atoms with E-state index in [1.165, 1.54) is 44.1 Å². The Balaban J connectivity index is 1.57. The van der Waals surface area contributed by atoms with E-state index in [-0.39, 0.29) is 0 Å². The second kappa shape index (κ2) is 14.9. The zero-order valence-corrected chi connectivity index (χ0v) is 18.6. The van der Waals surface area contributed by atoms with Crippen LogP contribution in [0, 0.1) is 0 Å². The van der Waals surface area contributed by atoms with Crippen LogP contribution in [-0.4, -0.2) is 18.3 Å². The van der Waals surface area contributed by atoms with Crippen LogP contribution in [0.3, 0.4) is 0 Å². The molecule has 3 nitrogen and oxygen atoms in total. The number of hydrogen-bond acceptors (Lipinski definition) is 2. The first-order valence-corrected chi connectivity index (χ1v) is 11.5. The van der Waals surface area contributed by atoms with Crippen LogP contribution in [0.15, 0.2) is 54.6 Å². The third kappa shape index (κ3) is 10.9. The number of anilines is 1. The first-order chi connectivity index (χ1) is 14.3. The third-order valence-electron chi connectivity index (χ3n) is 4.88. The number of ether oxygens (including phenoxy) is 1. The molecule has 158 valence electrons. The SMILES string of the molecule is CCCCCCCNC(=S)Nc1cccc(OCCCCCc2ccccc2)c1. The quantitative estimate of drug-likeness (QED) is 0.266. The predicted molar refractivity (Wildman–Crippen MR) is 129 cm³/mol. The fourth-order valence-electron chi connectivity index (χ4n) is 3.21. The van der Waals surface area contributed by atoms with E-state index in [0.29, 0.717) is 5.11 Å². The van der Waals surface area contributed by atoms with Crippen LogP contribution in [0.5, 0.6) is 5.75 Å². The summed E-state index contributed by atoms with van der Waals surface area (Å²) < 4.78 is 5.91. The van der Waals surface area contributed by atoms with Crippen molar-refractivity contribution in [3.8, 4) is 5.75 Å². The van der Waals surface area contributed by atoms with Crippen LogP contribution in [-0.2, 0) is 6.42 Å². The maximum atomic E-state index is 5.91. The summed E-state index contributed by atoms with van der Waals surface area (Å²) in [5, 5.41) is 7.22. The highest BCUT2D eigenvalue weighted by atomic mass is 32.1. The summed E-state index contributed by atoms with van der Waals surface area (Å²) in [5.41, 5.74) is 2.38. The van der Waals surface area contributed by atoms with E-state index in [9.17, 15) is 0 Å². The molecule has 0 spiro atoms. The number of benzene rings is 2. The number of rotatable bonds is 14. The van der Waals surface area contributed by atoms with Gasteiger partial charge in [-0.25, -0.2) is 0 Å². The summed E-state index contributed by atoms with van der Waals surface area (Å²) in [6.07, 6.45) is 10.9. The maximum Gasteiger partial charge on any atom is 0.170 e. The van der Waals surface area contributed by atoms with Crippen molar-refractivity contribution < 1.29 is 4.74 Å². The zero-order chi connectivity index (χ0) is 20.6. The number of unbranched alkanes of at least 4 members (excludes halogenated alkanes) is 6. The van der Waals surface area contributed by atoms with Gasteiger partial charge in [0.2, 0.25) is 0 Å². The Hall–Kier alpha value is -2.07. The molecule has 4 heteroatoms. The average Bonchev–Trinajstić information content (AvgIpc) is 2.74. The minimum absolute atomic E-state index is 0.679. The molecule has 0 saturated carbocycles. The first kappa shape index (κ1) is 23.2. The highest BCUT2D eigenvalue weighted by Crippen LogP contribution is 2.18. The van der Waals surface area contributed by atoms with Gasteiger partial charge in [0, 0.05) is 18.3 Å². The summed E-state index contributed by atoms with van der Waals surface area (Å²) in [6, 6.07) is 18.7.